The summed E-state index contributed by atoms with van der Waals surface area (Å²) >= 11 is 1.63. The second kappa shape index (κ2) is 7.93. The predicted octanol–water partition coefficient (Wildman–Crippen LogP) is 1.99. The van der Waals surface area contributed by atoms with Crippen molar-refractivity contribution >= 4 is 17.7 Å². The van der Waals surface area contributed by atoms with Gasteiger partial charge in [-0.2, -0.15) is 11.8 Å². The molecule has 108 valence electrons. The summed E-state index contributed by atoms with van der Waals surface area (Å²) in [5.74, 6) is 5.01. The number of hydrogen-bond acceptors (Lipinski definition) is 3. The first-order valence-corrected chi connectivity index (χ1v) is 7.56. The molecule has 3 nitrogen and oxygen atoms in total. The quantitative estimate of drug-likeness (QED) is 0.864. The van der Waals surface area contributed by atoms with E-state index in [1.165, 1.54) is 23.1 Å². The molecule has 1 N–H and O–H groups in total. The van der Waals surface area contributed by atoms with Crippen molar-refractivity contribution in [3.05, 3.63) is 35.1 Å². The lowest BCUT2D eigenvalue weighted by atomic mass is 10.1. The van der Waals surface area contributed by atoms with E-state index >= 15 is 0 Å². The van der Waals surface area contributed by atoms with Gasteiger partial charge >= 0.3 is 0 Å². The maximum atomic E-state index is 13.8. The zero-order valence-electron chi connectivity index (χ0n) is 11.8. The van der Waals surface area contributed by atoms with Gasteiger partial charge in [0.1, 0.15) is 12.4 Å². The molecule has 5 heteroatoms. The van der Waals surface area contributed by atoms with Crippen LogP contribution in [0.25, 0.3) is 0 Å². The molecular formula is C15H18FNO2S. The second-order valence-corrected chi connectivity index (χ2v) is 5.29. The lowest BCUT2D eigenvalue weighted by Gasteiger charge is -2.24. The van der Waals surface area contributed by atoms with Crippen LogP contribution in [-0.4, -0.2) is 47.6 Å². The van der Waals surface area contributed by atoms with Crippen LogP contribution in [0.1, 0.15) is 22.8 Å². The summed E-state index contributed by atoms with van der Waals surface area (Å²) in [4.78, 5) is 13.8. The molecule has 0 aliphatic carbocycles. The Balaban J connectivity index is 3.02. The molecule has 1 rings (SSSR count). The number of amides is 1. The van der Waals surface area contributed by atoms with Gasteiger partial charge < -0.3 is 10.0 Å². The van der Waals surface area contributed by atoms with Crippen LogP contribution in [0.2, 0.25) is 0 Å². The van der Waals surface area contributed by atoms with Crippen molar-refractivity contribution in [3.8, 4) is 11.8 Å². The zero-order valence-corrected chi connectivity index (χ0v) is 12.6. The van der Waals surface area contributed by atoms with E-state index in [-0.39, 0.29) is 24.1 Å². The summed E-state index contributed by atoms with van der Waals surface area (Å²) in [5, 5.41) is 8.66. The van der Waals surface area contributed by atoms with Gasteiger partial charge in [-0.3, -0.25) is 4.79 Å². The molecule has 1 atom stereocenters. The summed E-state index contributed by atoms with van der Waals surface area (Å²) in [7, 11) is 1.66. The van der Waals surface area contributed by atoms with Gasteiger partial charge in [-0.25, -0.2) is 4.39 Å². The van der Waals surface area contributed by atoms with E-state index in [2.05, 4.69) is 11.8 Å². The van der Waals surface area contributed by atoms with E-state index in [1.54, 1.807) is 18.8 Å². The zero-order chi connectivity index (χ0) is 15.1. The average molecular weight is 295 g/mol. The van der Waals surface area contributed by atoms with Crippen molar-refractivity contribution in [1.29, 1.82) is 0 Å². The van der Waals surface area contributed by atoms with Gasteiger partial charge in [-0.15, -0.1) is 0 Å². The largest absolute Gasteiger partial charge is 0.384 e. The highest BCUT2D eigenvalue weighted by Crippen LogP contribution is 2.15. The van der Waals surface area contributed by atoms with Gasteiger partial charge in [-0.05, 0) is 31.4 Å². The Morgan fingerprint density at radius 1 is 1.55 bits per heavy atom. The fourth-order valence-corrected chi connectivity index (χ4v) is 2.36. The molecule has 20 heavy (non-hydrogen) atoms. The predicted molar refractivity (Wildman–Crippen MR) is 80.3 cm³/mol. The van der Waals surface area contributed by atoms with Gasteiger partial charge in [0.2, 0.25) is 0 Å². The van der Waals surface area contributed by atoms with Crippen molar-refractivity contribution in [2.45, 2.75) is 13.0 Å². The van der Waals surface area contributed by atoms with Crippen LogP contribution in [0.4, 0.5) is 4.39 Å². The van der Waals surface area contributed by atoms with Crippen molar-refractivity contribution in [2.24, 2.45) is 0 Å². The Hall–Kier alpha value is -1.51. The minimum Gasteiger partial charge on any atom is -0.384 e. The molecule has 1 aromatic carbocycles. The maximum Gasteiger partial charge on any atom is 0.256 e. The van der Waals surface area contributed by atoms with Crippen LogP contribution in [0, 0.1) is 17.7 Å². The van der Waals surface area contributed by atoms with E-state index in [0.717, 1.165) is 5.75 Å². The summed E-state index contributed by atoms with van der Waals surface area (Å²) in [6.45, 7) is 1.65. The molecule has 0 saturated carbocycles. The Morgan fingerprint density at radius 3 is 2.85 bits per heavy atom. The summed E-state index contributed by atoms with van der Waals surface area (Å²) in [5.41, 5.74) is 0.514. The van der Waals surface area contributed by atoms with Crippen molar-refractivity contribution in [2.75, 3.05) is 25.7 Å². The van der Waals surface area contributed by atoms with Gasteiger partial charge in [0.15, 0.2) is 0 Å². The van der Waals surface area contributed by atoms with Crippen molar-refractivity contribution in [3.63, 3.8) is 0 Å². The smallest absolute Gasteiger partial charge is 0.256 e. The Kier molecular flexibility index (Phi) is 6.56. The van der Waals surface area contributed by atoms with Gasteiger partial charge in [-0.1, -0.05) is 11.8 Å². The van der Waals surface area contributed by atoms with Crippen molar-refractivity contribution in [1.82, 2.24) is 4.90 Å². The molecule has 1 amide bonds. The van der Waals surface area contributed by atoms with Crippen LogP contribution in [0.15, 0.2) is 18.2 Å². The van der Waals surface area contributed by atoms with Crippen LogP contribution in [0.5, 0.6) is 0 Å². The molecule has 0 aromatic heterocycles. The number of halogens is 1. The minimum atomic E-state index is -0.562. The molecule has 0 aliphatic rings. The van der Waals surface area contributed by atoms with Gasteiger partial charge in [0.25, 0.3) is 5.91 Å². The number of thioether (sulfide) groups is 1. The standard InChI is InChI=1S/C15H18FNO2S/c1-11(10-20-3)17(2)15(19)13-9-12(5-4-8-18)6-7-14(13)16/h6-7,9,11,18H,8,10H2,1-3H3. The highest BCUT2D eigenvalue weighted by molar-refractivity contribution is 7.98. The summed E-state index contributed by atoms with van der Waals surface area (Å²) in [6, 6.07) is 4.15. The second-order valence-electron chi connectivity index (χ2n) is 4.37. The fraction of sp³-hybridized carbons (Fsp3) is 0.400. The number of hydrogen-bond donors (Lipinski definition) is 1. The average Bonchev–Trinajstić information content (AvgIpc) is 2.45. The molecular weight excluding hydrogens is 277 g/mol. The number of carbonyl (C=O) groups excluding carboxylic acids is 1. The monoisotopic (exact) mass is 295 g/mol. The lowest BCUT2D eigenvalue weighted by molar-refractivity contribution is 0.0753. The molecule has 0 saturated heterocycles. The summed E-state index contributed by atoms with van der Waals surface area (Å²) in [6.07, 6.45) is 1.96. The van der Waals surface area contributed by atoms with Crippen LogP contribution in [0.3, 0.4) is 0 Å². The van der Waals surface area contributed by atoms with E-state index in [0.29, 0.717) is 5.56 Å². The van der Waals surface area contributed by atoms with Crippen molar-refractivity contribution < 1.29 is 14.3 Å². The van der Waals surface area contributed by atoms with E-state index < -0.39 is 5.82 Å². The van der Waals surface area contributed by atoms with Crippen LogP contribution in [-0.2, 0) is 0 Å². The van der Waals surface area contributed by atoms with E-state index in [4.69, 9.17) is 5.11 Å². The number of rotatable bonds is 4. The highest BCUT2D eigenvalue weighted by Gasteiger charge is 2.20. The molecule has 0 bridgehead atoms. The van der Waals surface area contributed by atoms with E-state index in [1.807, 2.05) is 13.2 Å². The number of carbonyl (C=O) groups is 1. The first kappa shape index (κ1) is 16.5. The number of nitrogens with zero attached hydrogens (tertiary/aromatic N) is 1. The normalized spacial score (nSPS) is 11.4. The van der Waals surface area contributed by atoms with E-state index in [9.17, 15) is 9.18 Å². The lowest BCUT2D eigenvalue weighted by Crippen LogP contribution is -2.37. The topological polar surface area (TPSA) is 40.5 Å². The molecule has 0 heterocycles. The molecule has 1 aromatic rings. The number of benzene rings is 1. The van der Waals surface area contributed by atoms with Crippen LogP contribution < -0.4 is 0 Å². The minimum absolute atomic E-state index is 0.00481. The number of aliphatic hydroxyl groups excluding tert-OH is 1. The third kappa shape index (κ3) is 4.26. The Labute approximate surface area is 123 Å². The first-order valence-electron chi connectivity index (χ1n) is 6.16. The van der Waals surface area contributed by atoms with Crippen LogP contribution >= 0.6 is 11.8 Å². The summed E-state index contributed by atoms with van der Waals surface area (Å²) < 4.78 is 13.8. The maximum absolute atomic E-state index is 13.8. The Morgan fingerprint density at radius 2 is 2.25 bits per heavy atom. The molecule has 0 fully saturated rings. The Bertz CT molecular complexity index is 536. The van der Waals surface area contributed by atoms with Gasteiger partial charge in [0, 0.05) is 24.4 Å². The van der Waals surface area contributed by atoms with Gasteiger partial charge in [0.05, 0.1) is 5.56 Å². The molecule has 0 spiro atoms. The molecule has 0 radical (unpaired) electrons. The fourth-order valence-electron chi connectivity index (χ4n) is 1.65. The third-order valence-electron chi connectivity index (χ3n) is 2.90. The SMILES string of the molecule is CSCC(C)N(C)C(=O)c1cc(C#CCO)ccc1F. The third-order valence-corrected chi connectivity index (χ3v) is 3.71. The molecule has 1 unspecified atom stereocenters. The first-order chi connectivity index (χ1) is 9.51. The molecule has 0 aliphatic heterocycles. The highest BCUT2D eigenvalue weighted by atomic mass is 32.2. The number of aliphatic hydroxyl groups is 1.